The first-order valence-electron chi connectivity index (χ1n) is 7.99. The molecule has 0 aliphatic rings. The van der Waals surface area contributed by atoms with E-state index in [-0.39, 0.29) is 11.5 Å². The number of aromatic nitrogens is 1. The molecular formula is C17H26N2O4. The van der Waals surface area contributed by atoms with Gasteiger partial charge in [0.1, 0.15) is 12.1 Å². The summed E-state index contributed by atoms with van der Waals surface area (Å²) in [4.78, 5) is 36.0. The average molecular weight is 322 g/mol. The highest BCUT2D eigenvalue weighted by Gasteiger charge is 2.28. The Bertz CT molecular complexity index is 607. The molecule has 2 unspecified atom stereocenters. The van der Waals surface area contributed by atoms with E-state index in [0.717, 1.165) is 12.0 Å². The van der Waals surface area contributed by atoms with E-state index in [4.69, 9.17) is 0 Å². The Morgan fingerprint density at radius 2 is 1.96 bits per heavy atom. The molecule has 0 radical (unpaired) electrons. The Kier molecular flexibility index (Phi) is 7.00. The summed E-state index contributed by atoms with van der Waals surface area (Å²) >= 11 is 0. The molecule has 2 atom stereocenters. The molecule has 0 saturated heterocycles. The third kappa shape index (κ3) is 5.23. The zero-order valence-electron chi connectivity index (χ0n) is 14.2. The summed E-state index contributed by atoms with van der Waals surface area (Å²) in [5.41, 5.74) is 0.591. The summed E-state index contributed by atoms with van der Waals surface area (Å²) in [7, 11) is 0. The van der Waals surface area contributed by atoms with Crippen molar-refractivity contribution in [1.29, 1.82) is 0 Å². The fourth-order valence-electron chi connectivity index (χ4n) is 2.51. The van der Waals surface area contributed by atoms with Crippen molar-refractivity contribution in [2.45, 2.75) is 59.0 Å². The van der Waals surface area contributed by atoms with Crippen molar-refractivity contribution in [3.8, 4) is 0 Å². The van der Waals surface area contributed by atoms with Gasteiger partial charge in [-0.3, -0.25) is 9.59 Å². The molecule has 0 saturated carbocycles. The predicted molar refractivity (Wildman–Crippen MR) is 88.4 cm³/mol. The number of rotatable bonds is 8. The maximum absolute atomic E-state index is 12.6. The van der Waals surface area contributed by atoms with Gasteiger partial charge in [-0.25, -0.2) is 4.79 Å². The van der Waals surface area contributed by atoms with Crippen LogP contribution in [0.3, 0.4) is 0 Å². The second kappa shape index (κ2) is 8.50. The fourth-order valence-corrected chi connectivity index (χ4v) is 2.51. The van der Waals surface area contributed by atoms with Crippen LogP contribution in [0.4, 0.5) is 0 Å². The molecule has 1 rings (SSSR count). The summed E-state index contributed by atoms with van der Waals surface area (Å²) in [6, 6.07) is 1.45. The van der Waals surface area contributed by atoms with Gasteiger partial charge >= 0.3 is 5.97 Å². The Labute approximate surface area is 136 Å². The molecule has 128 valence electrons. The first-order valence-corrected chi connectivity index (χ1v) is 7.99. The second-order valence-corrected chi connectivity index (χ2v) is 6.18. The molecule has 0 spiro atoms. The minimum absolute atomic E-state index is 0.143. The topological polar surface area (TPSA) is 88.4 Å². The van der Waals surface area contributed by atoms with E-state index in [1.165, 1.54) is 10.6 Å². The van der Waals surface area contributed by atoms with Gasteiger partial charge in [-0.1, -0.05) is 39.7 Å². The van der Waals surface area contributed by atoms with Crippen LogP contribution in [0, 0.1) is 12.8 Å². The first kappa shape index (κ1) is 18.9. The molecule has 23 heavy (non-hydrogen) atoms. The molecule has 1 heterocycles. The average Bonchev–Trinajstić information content (AvgIpc) is 2.46. The van der Waals surface area contributed by atoms with E-state index < -0.39 is 24.0 Å². The summed E-state index contributed by atoms with van der Waals surface area (Å²) in [6.07, 6.45) is 3.58. The van der Waals surface area contributed by atoms with Crippen LogP contribution in [-0.2, 0) is 9.59 Å². The number of carboxylic acid groups (broad SMARTS) is 1. The van der Waals surface area contributed by atoms with Crippen LogP contribution in [0.1, 0.15) is 51.6 Å². The Hall–Kier alpha value is -2.11. The third-order valence-corrected chi connectivity index (χ3v) is 3.75. The minimum atomic E-state index is -1.05. The van der Waals surface area contributed by atoms with Crippen LogP contribution in [-0.4, -0.2) is 27.6 Å². The molecule has 0 bridgehead atoms. The molecule has 0 aromatic carbocycles. The predicted octanol–water partition coefficient (Wildman–Crippen LogP) is 2.11. The standard InChI is InChI=1S/C17H26N2O4/c1-5-6-7-13(17(22)23)18-16(21)15(11(2)3)19-10-12(4)8-9-14(19)20/h8-11,13,15H,5-7H2,1-4H3,(H,18,21)(H,22,23). The van der Waals surface area contributed by atoms with Crippen molar-refractivity contribution in [3.05, 3.63) is 34.2 Å². The third-order valence-electron chi connectivity index (χ3n) is 3.75. The van der Waals surface area contributed by atoms with Gasteiger partial charge in [0, 0.05) is 12.3 Å². The normalized spacial score (nSPS) is 13.6. The van der Waals surface area contributed by atoms with Crippen molar-refractivity contribution < 1.29 is 14.7 Å². The maximum Gasteiger partial charge on any atom is 0.326 e. The van der Waals surface area contributed by atoms with Gasteiger partial charge in [-0.05, 0) is 24.8 Å². The van der Waals surface area contributed by atoms with Crippen molar-refractivity contribution in [3.63, 3.8) is 0 Å². The van der Waals surface area contributed by atoms with Crippen LogP contribution in [0.5, 0.6) is 0 Å². The van der Waals surface area contributed by atoms with E-state index in [0.29, 0.717) is 12.8 Å². The number of carboxylic acids is 1. The van der Waals surface area contributed by atoms with Gasteiger partial charge in [0.25, 0.3) is 5.56 Å². The monoisotopic (exact) mass is 322 g/mol. The maximum atomic E-state index is 12.6. The van der Waals surface area contributed by atoms with Crippen molar-refractivity contribution in [2.75, 3.05) is 0 Å². The number of hydrogen-bond donors (Lipinski definition) is 2. The van der Waals surface area contributed by atoms with Gasteiger partial charge in [0.15, 0.2) is 0 Å². The molecule has 0 aliphatic heterocycles. The van der Waals surface area contributed by atoms with Crippen molar-refractivity contribution >= 4 is 11.9 Å². The van der Waals surface area contributed by atoms with Crippen molar-refractivity contribution in [1.82, 2.24) is 9.88 Å². The quantitative estimate of drug-likeness (QED) is 0.767. The highest BCUT2D eigenvalue weighted by Crippen LogP contribution is 2.17. The van der Waals surface area contributed by atoms with Crippen LogP contribution in [0.25, 0.3) is 0 Å². The van der Waals surface area contributed by atoms with Gasteiger partial charge < -0.3 is 15.0 Å². The number of unbranched alkanes of at least 4 members (excludes halogenated alkanes) is 1. The van der Waals surface area contributed by atoms with E-state index >= 15 is 0 Å². The number of aryl methyl sites for hydroxylation is 1. The molecule has 6 nitrogen and oxygen atoms in total. The lowest BCUT2D eigenvalue weighted by atomic mass is 10.0. The number of carbonyl (C=O) groups is 2. The summed E-state index contributed by atoms with van der Waals surface area (Å²) in [5, 5.41) is 11.8. The molecule has 6 heteroatoms. The zero-order chi connectivity index (χ0) is 17.6. The largest absolute Gasteiger partial charge is 0.480 e. The number of amides is 1. The smallest absolute Gasteiger partial charge is 0.326 e. The van der Waals surface area contributed by atoms with Gasteiger partial charge in [0.2, 0.25) is 5.91 Å². The van der Waals surface area contributed by atoms with Crippen LogP contribution >= 0.6 is 0 Å². The number of nitrogens with zero attached hydrogens (tertiary/aromatic N) is 1. The first-order chi connectivity index (χ1) is 10.8. The van der Waals surface area contributed by atoms with E-state index in [1.54, 1.807) is 12.3 Å². The molecule has 0 fully saturated rings. The Morgan fingerprint density at radius 3 is 2.48 bits per heavy atom. The highest BCUT2D eigenvalue weighted by molar-refractivity contribution is 5.86. The zero-order valence-corrected chi connectivity index (χ0v) is 14.2. The van der Waals surface area contributed by atoms with E-state index in [1.807, 2.05) is 27.7 Å². The molecular weight excluding hydrogens is 296 g/mol. The Balaban J connectivity index is 3.05. The van der Waals surface area contributed by atoms with E-state index in [9.17, 15) is 19.5 Å². The summed E-state index contributed by atoms with van der Waals surface area (Å²) in [5.74, 6) is -1.63. The summed E-state index contributed by atoms with van der Waals surface area (Å²) in [6.45, 7) is 7.47. The van der Waals surface area contributed by atoms with Crippen LogP contribution in [0.2, 0.25) is 0 Å². The lowest BCUT2D eigenvalue weighted by Gasteiger charge is -2.25. The lowest BCUT2D eigenvalue weighted by molar-refractivity contribution is -0.142. The van der Waals surface area contributed by atoms with Crippen LogP contribution < -0.4 is 10.9 Å². The molecule has 1 aromatic heterocycles. The van der Waals surface area contributed by atoms with Gasteiger partial charge in [0.05, 0.1) is 0 Å². The fraction of sp³-hybridized carbons (Fsp3) is 0.588. The number of aliphatic carboxylic acids is 1. The number of carbonyl (C=O) groups excluding carboxylic acids is 1. The second-order valence-electron chi connectivity index (χ2n) is 6.18. The van der Waals surface area contributed by atoms with Gasteiger partial charge in [-0.15, -0.1) is 0 Å². The lowest BCUT2D eigenvalue weighted by Crippen LogP contribution is -2.47. The molecule has 1 aromatic rings. The van der Waals surface area contributed by atoms with Crippen molar-refractivity contribution in [2.24, 2.45) is 5.92 Å². The Morgan fingerprint density at radius 1 is 1.30 bits per heavy atom. The number of hydrogen-bond acceptors (Lipinski definition) is 3. The molecule has 1 amide bonds. The minimum Gasteiger partial charge on any atom is -0.480 e. The SMILES string of the molecule is CCCCC(NC(=O)C(C(C)C)n1cc(C)ccc1=O)C(=O)O. The highest BCUT2D eigenvalue weighted by atomic mass is 16.4. The number of pyridine rings is 1. The van der Waals surface area contributed by atoms with E-state index in [2.05, 4.69) is 5.32 Å². The molecule has 0 aliphatic carbocycles. The number of nitrogens with one attached hydrogen (secondary N) is 1. The van der Waals surface area contributed by atoms with Crippen LogP contribution in [0.15, 0.2) is 23.1 Å². The van der Waals surface area contributed by atoms with Gasteiger partial charge in [-0.2, -0.15) is 0 Å². The molecule has 2 N–H and O–H groups in total. The summed E-state index contributed by atoms with van der Waals surface area (Å²) < 4.78 is 1.38.